The van der Waals surface area contributed by atoms with Crippen molar-refractivity contribution >= 4 is 29.3 Å². The Labute approximate surface area is 224 Å². The van der Waals surface area contributed by atoms with Crippen molar-refractivity contribution in [3.63, 3.8) is 0 Å². The van der Waals surface area contributed by atoms with Crippen LogP contribution >= 0.6 is 11.6 Å². The van der Waals surface area contributed by atoms with Crippen LogP contribution in [0.15, 0.2) is 41.2 Å². The van der Waals surface area contributed by atoms with Gasteiger partial charge in [0, 0.05) is 39.5 Å². The number of methoxy groups -OCH3 is 1. The van der Waals surface area contributed by atoms with Crippen molar-refractivity contribution in [2.75, 3.05) is 7.11 Å². The molecule has 3 aliphatic rings. The maximum atomic E-state index is 13.4. The number of halogens is 1. The Morgan fingerprint density at radius 3 is 2.41 bits per heavy atom. The van der Waals surface area contributed by atoms with Crippen LogP contribution in [0.5, 0.6) is 5.75 Å². The summed E-state index contributed by atoms with van der Waals surface area (Å²) in [6.07, 6.45) is 8.92. The third-order valence-electron chi connectivity index (χ3n) is 8.69. The van der Waals surface area contributed by atoms with Gasteiger partial charge in [-0.1, -0.05) is 32.1 Å². The highest BCUT2D eigenvalue weighted by Crippen LogP contribution is 2.54. The standard InChI is InChI=1S/C31H39ClN2O3/c1-20-5-11-26-25(10-12-28(36)34(26)19-21-6-8-24(37-4)9-7-21)29(20)33-27(35)18-30(2)14-22-13-23(15-30)17-31(3,32)16-22/h6-12,20,22-23H,5,13-19H2,1-4H3,(H,33,35). The average Bonchev–Trinajstić information content (AvgIpc) is 2.81. The van der Waals surface area contributed by atoms with E-state index in [-0.39, 0.29) is 27.7 Å². The molecule has 0 aliphatic heterocycles. The first kappa shape index (κ1) is 26.1. The molecule has 37 heavy (non-hydrogen) atoms. The molecule has 6 heteroatoms. The number of aromatic nitrogens is 1. The molecule has 0 saturated heterocycles. The number of ether oxygens (including phenoxy) is 1. The Morgan fingerprint density at radius 2 is 1.76 bits per heavy atom. The predicted octanol–water partition coefficient (Wildman–Crippen LogP) is 4.55. The molecule has 1 aromatic heterocycles. The minimum Gasteiger partial charge on any atom is -0.497 e. The van der Waals surface area contributed by atoms with E-state index in [9.17, 15) is 9.59 Å². The zero-order valence-corrected chi connectivity index (χ0v) is 23.2. The summed E-state index contributed by atoms with van der Waals surface area (Å²) in [7, 11) is 1.64. The minimum atomic E-state index is -0.0909. The van der Waals surface area contributed by atoms with Crippen molar-refractivity contribution in [1.29, 1.82) is 0 Å². The Morgan fingerprint density at radius 1 is 1.08 bits per heavy atom. The van der Waals surface area contributed by atoms with Gasteiger partial charge in [-0.05, 0) is 86.5 Å². The number of hydrogen-bond donors (Lipinski definition) is 1. The van der Waals surface area contributed by atoms with E-state index < -0.39 is 0 Å². The number of nitrogens with one attached hydrogen (secondary N) is 1. The molecule has 2 saturated carbocycles. The number of carbonyl (C=O) groups excluding carboxylic acids is 1. The summed E-state index contributed by atoms with van der Waals surface area (Å²) in [5, 5.41) is 5.14. The Bertz CT molecular complexity index is 1340. The van der Waals surface area contributed by atoms with E-state index >= 15 is 0 Å². The number of fused-ring (bicyclic) bond motifs is 3. The first-order chi connectivity index (χ1) is 17.5. The zero-order valence-electron chi connectivity index (χ0n) is 22.5. The van der Waals surface area contributed by atoms with E-state index in [0.717, 1.165) is 59.7 Å². The lowest BCUT2D eigenvalue weighted by Crippen LogP contribution is -2.49. The molecule has 1 aromatic carbocycles. The second kappa shape index (κ2) is 9.98. The number of rotatable bonds is 6. The molecule has 1 N–H and O–H groups in total. The highest BCUT2D eigenvalue weighted by molar-refractivity contribution is 6.23. The number of benzene rings is 1. The van der Waals surface area contributed by atoms with Crippen LogP contribution in [0.4, 0.5) is 0 Å². The first-order valence-electron chi connectivity index (χ1n) is 13.6. The number of hydrogen-bond acceptors (Lipinski definition) is 3. The van der Waals surface area contributed by atoms with Crippen molar-refractivity contribution in [2.45, 2.75) is 77.1 Å². The van der Waals surface area contributed by atoms with E-state index in [4.69, 9.17) is 16.3 Å². The van der Waals surface area contributed by atoms with Crippen LogP contribution in [0.25, 0.3) is 11.8 Å². The van der Waals surface area contributed by atoms with Gasteiger partial charge in [0.25, 0.3) is 5.56 Å². The van der Waals surface area contributed by atoms with Crippen LogP contribution < -0.4 is 26.2 Å². The molecule has 1 heterocycles. The van der Waals surface area contributed by atoms with Crippen LogP contribution in [0.1, 0.15) is 71.3 Å². The van der Waals surface area contributed by atoms with E-state index in [2.05, 4.69) is 32.2 Å². The summed E-state index contributed by atoms with van der Waals surface area (Å²) in [4.78, 5) is 26.2. The Balaban J connectivity index is 1.39. The van der Waals surface area contributed by atoms with Gasteiger partial charge in [-0.3, -0.25) is 9.59 Å². The van der Waals surface area contributed by atoms with Gasteiger partial charge in [-0.2, -0.15) is 0 Å². The third-order valence-corrected chi connectivity index (χ3v) is 9.00. The number of carbonyl (C=O) groups is 1. The summed E-state index contributed by atoms with van der Waals surface area (Å²) < 4.78 is 7.07. The van der Waals surface area contributed by atoms with Crippen LogP contribution in [0.3, 0.4) is 0 Å². The fourth-order valence-corrected chi connectivity index (χ4v) is 7.86. The SMILES string of the molecule is COc1ccc(Cn2c(=O)ccc3c2=CCC(C)C=3NC(=O)CC2(C)CC3CC(CC(C)(Cl)C3)C2)cc1. The molecular formula is C31H39ClN2O3. The van der Waals surface area contributed by atoms with Gasteiger partial charge >= 0.3 is 0 Å². The zero-order chi connectivity index (χ0) is 26.4. The van der Waals surface area contributed by atoms with Crippen molar-refractivity contribution in [1.82, 2.24) is 9.88 Å². The summed E-state index contributed by atoms with van der Waals surface area (Å²) in [5.74, 6) is 2.27. The molecule has 5 rings (SSSR count). The lowest BCUT2D eigenvalue weighted by atomic mass is 9.58. The topological polar surface area (TPSA) is 60.3 Å². The van der Waals surface area contributed by atoms with Gasteiger partial charge in [-0.25, -0.2) is 0 Å². The molecule has 0 radical (unpaired) electrons. The molecule has 198 valence electrons. The molecule has 3 atom stereocenters. The molecule has 2 bridgehead atoms. The lowest BCUT2D eigenvalue weighted by molar-refractivity contribution is -0.123. The lowest BCUT2D eigenvalue weighted by Gasteiger charge is -2.49. The van der Waals surface area contributed by atoms with Crippen LogP contribution in [-0.2, 0) is 11.3 Å². The van der Waals surface area contributed by atoms with Gasteiger partial charge in [0.15, 0.2) is 0 Å². The molecule has 0 spiro atoms. The average molecular weight is 523 g/mol. The fraction of sp³-hybridized carbons (Fsp3) is 0.548. The second-order valence-electron chi connectivity index (χ2n) is 12.4. The maximum absolute atomic E-state index is 13.4. The maximum Gasteiger partial charge on any atom is 0.251 e. The fourth-order valence-electron chi connectivity index (χ4n) is 7.42. The second-order valence-corrected chi connectivity index (χ2v) is 13.3. The number of nitrogens with zero attached hydrogens (tertiary/aromatic N) is 1. The summed E-state index contributed by atoms with van der Waals surface area (Å²) in [6.45, 7) is 7.07. The van der Waals surface area contributed by atoms with E-state index in [1.54, 1.807) is 13.2 Å². The van der Waals surface area contributed by atoms with Gasteiger partial charge in [0.05, 0.1) is 13.7 Å². The molecule has 2 fully saturated rings. The van der Waals surface area contributed by atoms with Crippen molar-refractivity contribution < 1.29 is 9.53 Å². The van der Waals surface area contributed by atoms with E-state index in [1.165, 1.54) is 6.42 Å². The largest absolute Gasteiger partial charge is 0.497 e. The van der Waals surface area contributed by atoms with Crippen LogP contribution in [0.2, 0.25) is 0 Å². The first-order valence-corrected chi connectivity index (χ1v) is 14.0. The van der Waals surface area contributed by atoms with Gasteiger partial charge in [0.1, 0.15) is 5.75 Å². The quantitative estimate of drug-likeness (QED) is 0.566. The van der Waals surface area contributed by atoms with Gasteiger partial charge in [0.2, 0.25) is 5.91 Å². The molecule has 5 nitrogen and oxygen atoms in total. The molecule has 3 aliphatic carbocycles. The predicted molar refractivity (Wildman–Crippen MR) is 149 cm³/mol. The summed E-state index contributed by atoms with van der Waals surface area (Å²) in [6, 6.07) is 11.3. The smallest absolute Gasteiger partial charge is 0.251 e. The van der Waals surface area contributed by atoms with Gasteiger partial charge in [-0.15, -0.1) is 11.6 Å². The van der Waals surface area contributed by atoms with Crippen LogP contribution in [-0.4, -0.2) is 22.5 Å². The Hall–Kier alpha value is -2.53. The monoisotopic (exact) mass is 522 g/mol. The van der Waals surface area contributed by atoms with Gasteiger partial charge < -0.3 is 14.6 Å². The minimum absolute atomic E-state index is 0.00558. The molecule has 2 aromatic rings. The van der Waals surface area contributed by atoms with Crippen molar-refractivity contribution in [3.05, 3.63) is 62.9 Å². The highest BCUT2D eigenvalue weighted by Gasteiger charge is 2.45. The van der Waals surface area contributed by atoms with E-state index in [0.29, 0.717) is 24.8 Å². The molecule has 3 unspecified atom stereocenters. The number of alkyl halides is 1. The van der Waals surface area contributed by atoms with Crippen molar-refractivity contribution in [3.8, 4) is 5.75 Å². The number of amides is 1. The van der Waals surface area contributed by atoms with E-state index in [1.807, 2.05) is 34.9 Å². The number of pyridine rings is 1. The third kappa shape index (κ3) is 5.67. The highest BCUT2D eigenvalue weighted by atomic mass is 35.5. The normalized spacial score (nSPS) is 30.7. The van der Waals surface area contributed by atoms with Crippen molar-refractivity contribution in [2.24, 2.45) is 23.2 Å². The summed E-state index contributed by atoms with van der Waals surface area (Å²) in [5.41, 5.74) is 1.92. The van der Waals surface area contributed by atoms with Crippen LogP contribution in [0, 0.1) is 23.2 Å². The molecule has 1 amide bonds. The summed E-state index contributed by atoms with van der Waals surface area (Å²) >= 11 is 6.74. The Kier molecular flexibility index (Phi) is 7.04. The molecular weight excluding hydrogens is 484 g/mol.